The van der Waals surface area contributed by atoms with Crippen LogP contribution in [-0.2, 0) is 0 Å². The van der Waals surface area contributed by atoms with Gasteiger partial charge in [0.1, 0.15) is 17.0 Å². The van der Waals surface area contributed by atoms with Gasteiger partial charge in [-0.15, -0.1) is 0 Å². The molecule has 0 radical (unpaired) electrons. The van der Waals surface area contributed by atoms with Crippen LogP contribution in [0.4, 0.5) is 4.39 Å². The van der Waals surface area contributed by atoms with Gasteiger partial charge in [0.25, 0.3) is 0 Å². The first-order chi connectivity index (χ1) is 15.3. The van der Waals surface area contributed by atoms with Crippen molar-refractivity contribution in [3.63, 3.8) is 0 Å². The van der Waals surface area contributed by atoms with Gasteiger partial charge in [-0.25, -0.2) is 14.4 Å². The Morgan fingerprint density at radius 3 is 2.58 bits per heavy atom. The Morgan fingerprint density at radius 2 is 1.71 bits per heavy atom. The molecule has 0 spiro atoms. The molecule has 0 saturated carbocycles. The van der Waals surface area contributed by atoms with Crippen molar-refractivity contribution in [3.8, 4) is 33.9 Å². The van der Waals surface area contributed by atoms with E-state index in [1.807, 2.05) is 30.3 Å². The van der Waals surface area contributed by atoms with Crippen molar-refractivity contribution in [2.24, 2.45) is 0 Å². The van der Waals surface area contributed by atoms with Crippen molar-refractivity contribution < 1.29 is 4.39 Å². The molecule has 0 amide bonds. The second kappa shape index (κ2) is 6.81. The Hall–Kier alpha value is -4.46. The number of imidazole rings is 1. The van der Waals surface area contributed by atoms with E-state index in [0.717, 1.165) is 22.0 Å². The number of aromatic nitrogens is 7. The fraction of sp³-hybridized carbons (Fsp3) is 0. The largest absolute Gasteiger partial charge is 0.336 e. The molecule has 0 saturated heterocycles. The topological polar surface area (TPSA) is 96.0 Å². The van der Waals surface area contributed by atoms with E-state index in [4.69, 9.17) is 4.98 Å². The van der Waals surface area contributed by atoms with Crippen molar-refractivity contribution in [1.29, 1.82) is 0 Å². The summed E-state index contributed by atoms with van der Waals surface area (Å²) in [6.45, 7) is 0. The molecule has 0 aliphatic rings. The molecular formula is C23H14FN7. The Balaban J connectivity index is 1.52. The summed E-state index contributed by atoms with van der Waals surface area (Å²) in [7, 11) is 0. The van der Waals surface area contributed by atoms with E-state index in [0.29, 0.717) is 33.9 Å². The van der Waals surface area contributed by atoms with Gasteiger partial charge in [-0.2, -0.15) is 5.10 Å². The first-order valence-electron chi connectivity index (χ1n) is 9.62. The smallest absolute Gasteiger partial charge is 0.159 e. The maximum atomic E-state index is 13.8. The van der Waals surface area contributed by atoms with Crippen molar-refractivity contribution in [3.05, 3.63) is 79.1 Å². The Bertz CT molecular complexity index is 1550. The summed E-state index contributed by atoms with van der Waals surface area (Å²) in [5.74, 6) is 0.264. The highest BCUT2D eigenvalue weighted by Crippen LogP contribution is 2.31. The van der Waals surface area contributed by atoms with E-state index in [2.05, 4.69) is 30.1 Å². The number of benzene rings is 1. The second-order valence-electron chi connectivity index (χ2n) is 7.08. The van der Waals surface area contributed by atoms with Crippen LogP contribution in [0.5, 0.6) is 0 Å². The zero-order valence-corrected chi connectivity index (χ0v) is 16.0. The number of pyridine rings is 3. The van der Waals surface area contributed by atoms with Gasteiger partial charge in [-0.1, -0.05) is 12.1 Å². The third kappa shape index (κ3) is 2.93. The van der Waals surface area contributed by atoms with E-state index in [9.17, 15) is 4.39 Å². The highest BCUT2D eigenvalue weighted by Gasteiger charge is 2.17. The Labute approximate surface area is 175 Å². The van der Waals surface area contributed by atoms with Gasteiger partial charge in [-0.3, -0.25) is 15.1 Å². The van der Waals surface area contributed by atoms with Gasteiger partial charge < -0.3 is 4.98 Å². The molecule has 6 rings (SSSR count). The number of fused-ring (bicyclic) bond motifs is 2. The molecule has 1 aromatic carbocycles. The summed E-state index contributed by atoms with van der Waals surface area (Å²) in [6.07, 6.45) is 6.96. The molecule has 0 unspecified atom stereocenters. The number of nitrogens with zero attached hydrogens (tertiary/aromatic N) is 5. The average Bonchev–Trinajstić information content (AvgIpc) is 3.43. The molecule has 7 nitrogen and oxygen atoms in total. The number of hydrogen-bond acceptors (Lipinski definition) is 5. The first kappa shape index (κ1) is 17.4. The molecule has 0 aliphatic heterocycles. The summed E-state index contributed by atoms with van der Waals surface area (Å²) < 4.78 is 13.8. The minimum Gasteiger partial charge on any atom is -0.336 e. The summed E-state index contributed by atoms with van der Waals surface area (Å²) in [6, 6.07) is 14.1. The lowest BCUT2D eigenvalue weighted by Crippen LogP contribution is -1.86. The summed E-state index contributed by atoms with van der Waals surface area (Å²) in [5.41, 5.74) is 5.99. The van der Waals surface area contributed by atoms with Crippen LogP contribution in [0.25, 0.3) is 56.0 Å². The lowest BCUT2D eigenvalue weighted by Gasteiger charge is -2.01. The number of hydrogen-bond donors (Lipinski definition) is 2. The van der Waals surface area contributed by atoms with Gasteiger partial charge in [-0.05, 0) is 42.0 Å². The SMILES string of the molecule is Fc1cccc(-c2nccc3[nH]c(-c4n[nH]c5ncc(-c6ccncc6)cc45)nc23)c1. The molecule has 0 atom stereocenters. The summed E-state index contributed by atoms with van der Waals surface area (Å²) in [4.78, 5) is 21.1. The minimum absolute atomic E-state index is 0.319. The molecule has 2 N–H and O–H groups in total. The van der Waals surface area contributed by atoms with E-state index >= 15 is 0 Å². The Morgan fingerprint density at radius 1 is 0.806 bits per heavy atom. The number of rotatable bonds is 3. The van der Waals surface area contributed by atoms with Gasteiger partial charge >= 0.3 is 0 Å². The van der Waals surface area contributed by atoms with Gasteiger partial charge in [0, 0.05) is 35.9 Å². The second-order valence-corrected chi connectivity index (χ2v) is 7.08. The molecule has 5 aromatic heterocycles. The predicted molar refractivity (Wildman–Crippen MR) is 115 cm³/mol. The monoisotopic (exact) mass is 407 g/mol. The summed E-state index contributed by atoms with van der Waals surface area (Å²) in [5, 5.41) is 8.24. The number of halogens is 1. The quantitative estimate of drug-likeness (QED) is 0.441. The minimum atomic E-state index is -0.319. The van der Waals surface area contributed by atoms with E-state index in [1.54, 1.807) is 30.9 Å². The fourth-order valence-electron chi connectivity index (χ4n) is 3.68. The highest BCUT2D eigenvalue weighted by atomic mass is 19.1. The van der Waals surface area contributed by atoms with E-state index in [1.165, 1.54) is 12.1 Å². The van der Waals surface area contributed by atoms with Gasteiger partial charge in [0.2, 0.25) is 0 Å². The normalized spacial score (nSPS) is 11.4. The zero-order valence-electron chi connectivity index (χ0n) is 16.0. The fourth-order valence-corrected chi connectivity index (χ4v) is 3.68. The van der Waals surface area contributed by atoms with Crippen LogP contribution in [-0.4, -0.2) is 35.1 Å². The summed E-state index contributed by atoms with van der Waals surface area (Å²) >= 11 is 0. The molecule has 0 bridgehead atoms. The predicted octanol–water partition coefficient (Wildman–Crippen LogP) is 4.76. The standard InChI is InChI=1S/C23H14FN7/c24-16-3-1-2-14(10-16)19-21-18(6-9-26-19)28-23(29-21)20-17-11-15(12-27-22(17)31-30-20)13-4-7-25-8-5-13/h1-12H,(H,28,29)(H,27,30,31). The molecule has 148 valence electrons. The van der Waals surface area contributed by atoms with Crippen LogP contribution in [0.1, 0.15) is 0 Å². The molecule has 8 heteroatoms. The number of H-pyrrole nitrogens is 2. The third-order valence-corrected chi connectivity index (χ3v) is 5.15. The number of nitrogens with one attached hydrogen (secondary N) is 2. The third-order valence-electron chi connectivity index (χ3n) is 5.15. The van der Waals surface area contributed by atoms with Crippen LogP contribution in [0.3, 0.4) is 0 Å². The Kier molecular flexibility index (Phi) is 3.82. The van der Waals surface area contributed by atoms with Crippen LogP contribution in [0, 0.1) is 5.82 Å². The van der Waals surface area contributed by atoms with Crippen LogP contribution < -0.4 is 0 Å². The first-order valence-corrected chi connectivity index (χ1v) is 9.62. The number of aromatic amines is 2. The lowest BCUT2D eigenvalue weighted by molar-refractivity contribution is 0.628. The van der Waals surface area contributed by atoms with Crippen molar-refractivity contribution in [2.45, 2.75) is 0 Å². The van der Waals surface area contributed by atoms with E-state index in [-0.39, 0.29) is 5.82 Å². The lowest BCUT2D eigenvalue weighted by atomic mass is 10.1. The van der Waals surface area contributed by atoms with Crippen LogP contribution in [0.15, 0.2) is 73.3 Å². The van der Waals surface area contributed by atoms with E-state index < -0.39 is 0 Å². The maximum Gasteiger partial charge on any atom is 0.159 e. The van der Waals surface area contributed by atoms with Crippen molar-refractivity contribution >= 4 is 22.1 Å². The molecule has 0 aliphatic carbocycles. The van der Waals surface area contributed by atoms with Gasteiger partial charge in [0.15, 0.2) is 11.5 Å². The molecule has 31 heavy (non-hydrogen) atoms. The maximum absolute atomic E-state index is 13.8. The van der Waals surface area contributed by atoms with Crippen LogP contribution >= 0.6 is 0 Å². The van der Waals surface area contributed by atoms with Crippen molar-refractivity contribution in [2.75, 3.05) is 0 Å². The molecule has 5 heterocycles. The van der Waals surface area contributed by atoms with Crippen molar-refractivity contribution in [1.82, 2.24) is 35.1 Å². The molecular weight excluding hydrogens is 393 g/mol. The average molecular weight is 407 g/mol. The molecule has 6 aromatic rings. The van der Waals surface area contributed by atoms with Crippen LogP contribution in [0.2, 0.25) is 0 Å². The highest BCUT2D eigenvalue weighted by molar-refractivity contribution is 5.96. The zero-order chi connectivity index (χ0) is 20.8. The van der Waals surface area contributed by atoms with Gasteiger partial charge in [0.05, 0.1) is 16.6 Å². The molecule has 0 fully saturated rings.